The fourth-order valence-corrected chi connectivity index (χ4v) is 3.92. The summed E-state index contributed by atoms with van der Waals surface area (Å²) >= 11 is 0. The average molecular weight is 266 g/mol. The van der Waals surface area contributed by atoms with Crippen molar-refractivity contribution >= 4 is 5.71 Å². The molecule has 0 saturated heterocycles. The molecule has 1 N–H and O–H groups in total. The van der Waals surface area contributed by atoms with Gasteiger partial charge < -0.3 is 5.41 Å². The number of nitrogens with zero attached hydrogens (tertiary/aromatic N) is 3. The van der Waals surface area contributed by atoms with Crippen LogP contribution in [-0.4, -0.2) is 5.71 Å². The second kappa shape index (κ2) is 5.10. The lowest BCUT2D eigenvalue weighted by Crippen LogP contribution is -2.51. The van der Waals surface area contributed by atoms with Crippen LogP contribution in [0.5, 0.6) is 0 Å². The highest BCUT2D eigenvalue weighted by atomic mass is 14.7. The molecule has 0 spiro atoms. The number of nitrogens with one attached hydrogen (secondary N) is 1. The predicted octanol–water partition coefficient (Wildman–Crippen LogP) is 3.19. The van der Waals surface area contributed by atoms with Crippen LogP contribution in [0.2, 0.25) is 0 Å². The Bertz CT molecular complexity index is 565. The third-order valence-corrected chi connectivity index (χ3v) is 4.71. The summed E-state index contributed by atoms with van der Waals surface area (Å²) in [4.78, 5) is 0. The van der Waals surface area contributed by atoms with E-state index in [1.165, 1.54) is 0 Å². The van der Waals surface area contributed by atoms with E-state index in [1.807, 2.05) is 13.8 Å². The Balaban J connectivity index is 2.66. The normalized spacial score (nSPS) is 31.5. The maximum Gasteiger partial charge on any atom is 0.186 e. The minimum Gasteiger partial charge on any atom is -0.305 e. The van der Waals surface area contributed by atoms with Crippen molar-refractivity contribution in [3.05, 3.63) is 11.6 Å². The maximum atomic E-state index is 9.59. The summed E-state index contributed by atoms with van der Waals surface area (Å²) in [7, 11) is 0. The molecule has 0 aromatic carbocycles. The smallest absolute Gasteiger partial charge is 0.186 e. The molecule has 4 nitrogen and oxygen atoms in total. The van der Waals surface area contributed by atoms with Crippen LogP contribution in [0.1, 0.15) is 33.1 Å². The van der Waals surface area contributed by atoms with Crippen LogP contribution in [0.25, 0.3) is 0 Å². The highest BCUT2D eigenvalue weighted by Crippen LogP contribution is 2.53. The molecule has 102 valence electrons. The van der Waals surface area contributed by atoms with Gasteiger partial charge in [0.2, 0.25) is 0 Å². The molecule has 0 amide bonds. The molecule has 0 bridgehead atoms. The Morgan fingerprint density at radius 3 is 2.45 bits per heavy atom. The van der Waals surface area contributed by atoms with Gasteiger partial charge in [0, 0.05) is 5.92 Å². The fourth-order valence-electron chi connectivity index (χ4n) is 3.92. The van der Waals surface area contributed by atoms with Crippen molar-refractivity contribution in [3.8, 4) is 18.2 Å². The molecule has 3 atom stereocenters. The van der Waals surface area contributed by atoms with Gasteiger partial charge in [0.15, 0.2) is 5.41 Å². The first-order valence-electron chi connectivity index (χ1n) is 7.04. The van der Waals surface area contributed by atoms with Crippen LogP contribution in [0.3, 0.4) is 0 Å². The highest BCUT2D eigenvalue weighted by Gasteiger charge is 2.57. The third-order valence-electron chi connectivity index (χ3n) is 4.71. The largest absolute Gasteiger partial charge is 0.305 e. The number of hydrogen-bond acceptors (Lipinski definition) is 4. The number of allylic oxidation sites excluding steroid dienone is 2. The van der Waals surface area contributed by atoms with Crippen molar-refractivity contribution in [1.29, 1.82) is 21.2 Å². The Hall–Kier alpha value is -2.12. The summed E-state index contributed by atoms with van der Waals surface area (Å²) in [5.41, 5.74) is -0.495. The monoisotopic (exact) mass is 266 g/mol. The zero-order chi connectivity index (χ0) is 14.9. The van der Waals surface area contributed by atoms with Gasteiger partial charge in [-0.25, -0.2) is 0 Å². The van der Waals surface area contributed by atoms with Crippen LogP contribution in [0.15, 0.2) is 11.6 Å². The van der Waals surface area contributed by atoms with Crippen molar-refractivity contribution in [2.24, 2.45) is 29.1 Å². The van der Waals surface area contributed by atoms with E-state index in [0.717, 1.165) is 24.8 Å². The Labute approximate surface area is 119 Å². The van der Waals surface area contributed by atoms with Crippen molar-refractivity contribution in [2.45, 2.75) is 33.1 Å². The first-order valence-corrected chi connectivity index (χ1v) is 7.04. The van der Waals surface area contributed by atoms with E-state index in [1.54, 1.807) is 0 Å². The van der Waals surface area contributed by atoms with E-state index in [4.69, 9.17) is 5.41 Å². The summed E-state index contributed by atoms with van der Waals surface area (Å²) in [6.07, 6.45) is 4.92. The van der Waals surface area contributed by atoms with Crippen molar-refractivity contribution in [1.82, 2.24) is 0 Å². The van der Waals surface area contributed by atoms with Crippen LogP contribution in [-0.2, 0) is 0 Å². The van der Waals surface area contributed by atoms with E-state index >= 15 is 0 Å². The van der Waals surface area contributed by atoms with Gasteiger partial charge in [0.05, 0.1) is 23.9 Å². The van der Waals surface area contributed by atoms with Gasteiger partial charge >= 0.3 is 0 Å². The van der Waals surface area contributed by atoms with Gasteiger partial charge in [-0.2, -0.15) is 15.8 Å². The molecule has 4 heteroatoms. The molecule has 0 radical (unpaired) electrons. The SMILES string of the molecule is CC(C)[C@H]1[C@@H]2CCCC=C2[C@H](C#N)C(=N)C1(C#N)C#N. The molecule has 20 heavy (non-hydrogen) atoms. The van der Waals surface area contributed by atoms with Crippen molar-refractivity contribution in [3.63, 3.8) is 0 Å². The molecule has 2 aliphatic rings. The van der Waals surface area contributed by atoms with Crippen LogP contribution in [0.4, 0.5) is 0 Å². The number of fused-ring (bicyclic) bond motifs is 1. The molecule has 0 aromatic rings. The molecule has 1 saturated carbocycles. The zero-order valence-corrected chi connectivity index (χ0v) is 11.8. The van der Waals surface area contributed by atoms with Crippen molar-refractivity contribution in [2.75, 3.05) is 0 Å². The molecule has 0 unspecified atom stereocenters. The third kappa shape index (κ3) is 1.75. The Morgan fingerprint density at radius 2 is 1.95 bits per heavy atom. The zero-order valence-electron chi connectivity index (χ0n) is 11.8. The summed E-state index contributed by atoms with van der Waals surface area (Å²) in [6, 6.07) is 6.30. The molecule has 0 aromatic heterocycles. The highest BCUT2D eigenvalue weighted by molar-refractivity contribution is 6.00. The lowest BCUT2D eigenvalue weighted by Gasteiger charge is -2.47. The molecular weight excluding hydrogens is 248 g/mol. The maximum absolute atomic E-state index is 9.59. The van der Waals surface area contributed by atoms with E-state index in [0.29, 0.717) is 0 Å². The predicted molar refractivity (Wildman–Crippen MR) is 74.2 cm³/mol. The molecular formula is C16H18N4. The molecule has 0 aliphatic heterocycles. The van der Waals surface area contributed by atoms with Gasteiger partial charge in [-0.1, -0.05) is 19.9 Å². The second-order valence-electron chi connectivity index (χ2n) is 6.02. The average Bonchev–Trinajstić information content (AvgIpc) is 2.46. The van der Waals surface area contributed by atoms with Crippen molar-refractivity contribution < 1.29 is 0 Å². The van der Waals surface area contributed by atoms with E-state index in [-0.39, 0.29) is 23.5 Å². The first-order chi connectivity index (χ1) is 9.53. The van der Waals surface area contributed by atoms with Gasteiger partial charge in [0.25, 0.3) is 0 Å². The van der Waals surface area contributed by atoms with Gasteiger partial charge in [-0.05, 0) is 36.7 Å². The Morgan fingerprint density at radius 1 is 1.30 bits per heavy atom. The fraction of sp³-hybridized carbons (Fsp3) is 0.625. The van der Waals surface area contributed by atoms with Crippen LogP contribution in [0, 0.1) is 68.5 Å². The second-order valence-corrected chi connectivity index (χ2v) is 6.02. The first kappa shape index (κ1) is 14.3. The topological polar surface area (TPSA) is 95.2 Å². The molecule has 0 heterocycles. The Kier molecular flexibility index (Phi) is 3.65. The minimum absolute atomic E-state index is 0.0203. The van der Waals surface area contributed by atoms with Gasteiger partial charge in [0.1, 0.15) is 5.92 Å². The lowest BCUT2D eigenvalue weighted by molar-refractivity contribution is 0.179. The summed E-state index contributed by atoms with van der Waals surface area (Å²) < 4.78 is 0. The summed E-state index contributed by atoms with van der Waals surface area (Å²) in [5.74, 6) is -0.682. The van der Waals surface area contributed by atoms with E-state index in [2.05, 4.69) is 24.3 Å². The number of nitriles is 3. The van der Waals surface area contributed by atoms with E-state index < -0.39 is 11.3 Å². The number of rotatable bonds is 1. The summed E-state index contributed by atoms with van der Waals surface area (Å²) in [5, 5.41) is 36.9. The molecule has 1 fully saturated rings. The standard InChI is InChI=1S/C16H18N4/c1-10(2)14-12-6-4-3-5-11(12)13(7-17)15(20)16(14,8-18)9-19/h5,10,12-14,20H,3-4,6H2,1-2H3/t12-,13+,14+/m1/s1. The van der Waals surface area contributed by atoms with Crippen LogP contribution < -0.4 is 0 Å². The van der Waals surface area contributed by atoms with Gasteiger partial charge in [-0.3, -0.25) is 0 Å². The van der Waals surface area contributed by atoms with Gasteiger partial charge in [-0.15, -0.1) is 0 Å². The lowest BCUT2D eigenvalue weighted by atomic mass is 9.52. The molecule has 2 aliphatic carbocycles. The van der Waals surface area contributed by atoms with Crippen LogP contribution >= 0.6 is 0 Å². The number of hydrogen-bond donors (Lipinski definition) is 1. The quantitative estimate of drug-likeness (QED) is 0.738. The minimum atomic E-state index is -1.45. The summed E-state index contributed by atoms with van der Waals surface area (Å²) in [6.45, 7) is 4.00. The molecule has 2 rings (SSSR count). The van der Waals surface area contributed by atoms with E-state index in [9.17, 15) is 15.8 Å².